The van der Waals surface area contributed by atoms with Gasteiger partial charge < -0.3 is 15.4 Å². The number of nitrogens with zero attached hydrogens (tertiary/aromatic N) is 2. The van der Waals surface area contributed by atoms with Crippen molar-refractivity contribution in [2.45, 2.75) is 25.4 Å². The predicted molar refractivity (Wildman–Crippen MR) is 63.3 cm³/mol. The van der Waals surface area contributed by atoms with Crippen molar-refractivity contribution in [3.63, 3.8) is 0 Å². The highest BCUT2D eigenvalue weighted by Crippen LogP contribution is 2.24. The highest BCUT2D eigenvalue weighted by atomic mass is 16.5. The maximum Gasteiger partial charge on any atom is 0.137 e. The van der Waals surface area contributed by atoms with Crippen molar-refractivity contribution in [1.29, 1.82) is 0 Å². The molecule has 88 valence electrons. The van der Waals surface area contributed by atoms with Crippen LogP contribution in [0, 0.1) is 0 Å². The van der Waals surface area contributed by atoms with Gasteiger partial charge in [-0.1, -0.05) is 0 Å². The maximum absolute atomic E-state index is 5.61. The fourth-order valence-corrected chi connectivity index (χ4v) is 1.62. The van der Waals surface area contributed by atoms with Crippen molar-refractivity contribution in [2.24, 2.45) is 5.73 Å². The number of aromatic nitrogens is 1. The molecule has 0 atom stereocenters. The summed E-state index contributed by atoms with van der Waals surface area (Å²) in [5, 5.41) is 0. The van der Waals surface area contributed by atoms with Crippen molar-refractivity contribution in [2.75, 3.05) is 20.2 Å². The Morgan fingerprint density at radius 2 is 2.31 bits per heavy atom. The minimum Gasteiger partial charge on any atom is -0.491 e. The van der Waals surface area contributed by atoms with Gasteiger partial charge in [-0.05, 0) is 32.0 Å². The molecule has 0 spiro atoms. The minimum atomic E-state index is 0.477. The van der Waals surface area contributed by atoms with Crippen LogP contribution in [0.2, 0.25) is 0 Å². The Morgan fingerprint density at radius 1 is 1.50 bits per heavy atom. The maximum atomic E-state index is 5.61. The van der Waals surface area contributed by atoms with Gasteiger partial charge in [0, 0.05) is 19.1 Å². The second-order valence-electron chi connectivity index (χ2n) is 4.25. The Labute approximate surface area is 96.4 Å². The van der Waals surface area contributed by atoms with Crippen molar-refractivity contribution >= 4 is 0 Å². The molecule has 0 saturated heterocycles. The van der Waals surface area contributed by atoms with Crippen LogP contribution in [0.5, 0.6) is 5.75 Å². The molecule has 1 aliphatic rings. The van der Waals surface area contributed by atoms with E-state index in [0.29, 0.717) is 6.54 Å². The molecular weight excluding hydrogens is 202 g/mol. The van der Waals surface area contributed by atoms with Gasteiger partial charge in [0.15, 0.2) is 0 Å². The lowest BCUT2D eigenvalue weighted by atomic mass is 10.3. The molecule has 1 heterocycles. The van der Waals surface area contributed by atoms with E-state index in [-0.39, 0.29) is 0 Å². The summed E-state index contributed by atoms with van der Waals surface area (Å²) in [7, 11) is 2.15. The number of hydrogen-bond acceptors (Lipinski definition) is 4. The number of ether oxygens (including phenoxy) is 1. The summed E-state index contributed by atoms with van der Waals surface area (Å²) < 4.78 is 5.61. The molecule has 2 rings (SSSR count). The molecule has 0 radical (unpaired) electrons. The van der Waals surface area contributed by atoms with E-state index in [0.717, 1.165) is 30.6 Å². The molecule has 1 aromatic rings. The molecule has 1 aromatic heterocycles. The third-order valence-corrected chi connectivity index (χ3v) is 2.89. The number of likely N-dealkylation sites (N-methyl/N-ethyl adjacent to an activating group) is 1. The van der Waals surface area contributed by atoms with E-state index >= 15 is 0 Å². The van der Waals surface area contributed by atoms with Crippen molar-refractivity contribution < 1.29 is 4.74 Å². The molecule has 2 N–H and O–H groups in total. The van der Waals surface area contributed by atoms with Crippen LogP contribution in [0.1, 0.15) is 18.5 Å². The first-order valence-electron chi connectivity index (χ1n) is 5.77. The summed E-state index contributed by atoms with van der Waals surface area (Å²) >= 11 is 0. The molecule has 4 nitrogen and oxygen atoms in total. The van der Waals surface area contributed by atoms with Gasteiger partial charge in [0.25, 0.3) is 0 Å². The minimum absolute atomic E-state index is 0.477. The third-order valence-electron chi connectivity index (χ3n) is 2.89. The van der Waals surface area contributed by atoms with Crippen LogP contribution in [0.3, 0.4) is 0 Å². The molecular formula is C12H19N3O. The van der Waals surface area contributed by atoms with Crippen LogP contribution in [-0.4, -0.2) is 36.1 Å². The summed E-state index contributed by atoms with van der Waals surface area (Å²) in [5.41, 5.74) is 6.36. The third kappa shape index (κ3) is 3.18. The quantitative estimate of drug-likeness (QED) is 0.779. The number of nitrogens with two attached hydrogens (primary N) is 1. The normalized spacial score (nSPS) is 15.4. The van der Waals surface area contributed by atoms with E-state index in [1.54, 1.807) is 6.20 Å². The van der Waals surface area contributed by atoms with Crippen LogP contribution in [0.25, 0.3) is 0 Å². The Morgan fingerprint density at radius 3 is 2.88 bits per heavy atom. The van der Waals surface area contributed by atoms with Gasteiger partial charge in [-0.15, -0.1) is 0 Å². The van der Waals surface area contributed by atoms with Gasteiger partial charge in [-0.3, -0.25) is 4.98 Å². The molecule has 1 aliphatic carbocycles. The predicted octanol–water partition coefficient (Wildman–Crippen LogP) is 1.01. The Bertz CT molecular complexity index is 322. The highest BCUT2D eigenvalue weighted by molar-refractivity contribution is 5.19. The Hall–Kier alpha value is -1.13. The Kier molecular flexibility index (Phi) is 3.74. The summed E-state index contributed by atoms with van der Waals surface area (Å²) in [5.74, 6) is 0.821. The van der Waals surface area contributed by atoms with Crippen LogP contribution in [0.15, 0.2) is 18.3 Å². The summed E-state index contributed by atoms with van der Waals surface area (Å²) in [6.07, 6.45) is 4.41. The topological polar surface area (TPSA) is 51.4 Å². The first kappa shape index (κ1) is 11.4. The summed E-state index contributed by atoms with van der Waals surface area (Å²) in [6, 6.07) is 4.62. The first-order chi connectivity index (χ1) is 7.79. The van der Waals surface area contributed by atoms with Gasteiger partial charge >= 0.3 is 0 Å². The lowest BCUT2D eigenvalue weighted by Gasteiger charge is -2.15. The van der Waals surface area contributed by atoms with Gasteiger partial charge in [-0.2, -0.15) is 0 Å². The van der Waals surface area contributed by atoms with E-state index in [4.69, 9.17) is 10.5 Å². The van der Waals surface area contributed by atoms with Gasteiger partial charge in [0.05, 0.1) is 11.9 Å². The molecule has 0 bridgehead atoms. The molecule has 0 unspecified atom stereocenters. The SMILES string of the molecule is CN(CCOc1ccc(CN)nc1)C1CC1. The smallest absolute Gasteiger partial charge is 0.137 e. The molecule has 0 amide bonds. The van der Waals surface area contributed by atoms with Crippen molar-refractivity contribution in [3.8, 4) is 5.75 Å². The number of pyridine rings is 1. The van der Waals surface area contributed by atoms with E-state index in [9.17, 15) is 0 Å². The van der Waals surface area contributed by atoms with E-state index in [2.05, 4.69) is 16.9 Å². The van der Waals surface area contributed by atoms with Crippen LogP contribution in [0.4, 0.5) is 0 Å². The van der Waals surface area contributed by atoms with Gasteiger partial charge in [0.1, 0.15) is 12.4 Å². The van der Waals surface area contributed by atoms with E-state index in [1.807, 2.05) is 12.1 Å². The molecule has 4 heteroatoms. The zero-order valence-electron chi connectivity index (χ0n) is 9.72. The zero-order valence-corrected chi connectivity index (χ0v) is 9.72. The zero-order chi connectivity index (χ0) is 11.4. The second kappa shape index (κ2) is 5.27. The summed E-state index contributed by atoms with van der Waals surface area (Å²) in [4.78, 5) is 6.53. The standard InChI is InChI=1S/C12H19N3O/c1-15(11-3-4-11)6-7-16-12-5-2-10(8-13)14-9-12/h2,5,9,11H,3-4,6-8,13H2,1H3. The molecule has 0 aromatic carbocycles. The lowest BCUT2D eigenvalue weighted by Crippen LogP contribution is -2.26. The van der Waals surface area contributed by atoms with Crippen LogP contribution < -0.4 is 10.5 Å². The average Bonchev–Trinajstić information content (AvgIpc) is 3.14. The van der Waals surface area contributed by atoms with E-state index < -0.39 is 0 Å². The monoisotopic (exact) mass is 221 g/mol. The highest BCUT2D eigenvalue weighted by Gasteiger charge is 2.25. The molecule has 16 heavy (non-hydrogen) atoms. The van der Waals surface area contributed by atoms with Crippen molar-refractivity contribution in [1.82, 2.24) is 9.88 Å². The van der Waals surface area contributed by atoms with Gasteiger partial charge in [0.2, 0.25) is 0 Å². The Balaban J connectivity index is 1.71. The number of rotatable bonds is 6. The second-order valence-corrected chi connectivity index (χ2v) is 4.25. The average molecular weight is 221 g/mol. The lowest BCUT2D eigenvalue weighted by molar-refractivity contribution is 0.231. The molecule has 0 aliphatic heterocycles. The fraction of sp³-hybridized carbons (Fsp3) is 0.583. The first-order valence-corrected chi connectivity index (χ1v) is 5.77. The van der Waals surface area contributed by atoms with E-state index in [1.165, 1.54) is 12.8 Å². The molecule has 1 saturated carbocycles. The fourth-order valence-electron chi connectivity index (χ4n) is 1.62. The largest absolute Gasteiger partial charge is 0.491 e. The number of hydrogen-bond donors (Lipinski definition) is 1. The summed E-state index contributed by atoms with van der Waals surface area (Å²) in [6.45, 7) is 2.17. The van der Waals surface area contributed by atoms with Crippen LogP contribution >= 0.6 is 0 Å². The van der Waals surface area contributed by atoms with Crippen molar-refractivity contribution in [3.05, 3.63) is 24.0 Å². The van der Waals surface area contributed by atoms with Crippen LogP contribution in [-0.2, 0) is 6.54 Å². The van der Waals surface area contributed by atoms with Gasteiger partial charge in [-0.25, -0.2) is 0 Å². The molecule has 1 fully saturated rings.